The molecule has 1 aliphatic rings. The quantitative estimate of drug-likeness (QED) is 0.634. The molecule has 2 heterocycles. The summed E-state index contributed by atoms with van der Waals surface area (Å²) in [6, 6.07) is 6.95. The second-order valence-corrected chi connectivity index (χ2v) is 7.32. The second kappa shape index (κ2) is 8.04. The number of aromatic amines is 1. The number of halogens is 3. The van der Waals surface area contributed by atoms with Gasteiger partial charge in [-0.15, -0.1) is 0 Å². The third-order valence-electron chi connectivity index (χ3n) is 5.11. The number of amides is 2. The molecule has 30 heavy (non-hydrogen) atoms. The van der Waals surface area contributed by atoms with Crippen molar-refractivity contribution >= 4 is 34.1 Å². The first-order valence-electron chi connectivity index (χ1n) is 9.33. The minimum absolute atomic E-state index is 0.104. The van der Waals surface area contributed by atoms with Crippen LogP contribution in [0.15, 0.2) is 41.2 Å². The van der Waals surface area contributed by atoms with Crippen LogP contribution >= 0.6 is 11.6 Å². The van der Waals surface area contributed by atoms with Crippen molar-refractivity contribution in [2.45, 2.75) is 19.6 Å². The molecule has 1 atom stereocenters. The largest absolute Gasteiger partial charge is 0.373 e. The number of ether oxygens (including phenoxy) is 1. The number of hydrogen-bond donors (Lipinski definition) is 2. The number of anilines is 1. The maximum atomic E-state index is 13.7. The highest BCUT2D eigenvalue weighted by Gasteiger charge is 2.32. The van der Waals surface area contributed by atoms with Gasteiger partial charge in [0, 0.05) is 23.5 Å². The molecule has 1 aliphatic heterocycles. The van der Waals surface area contributed by atoms with Crippen molar-refractivity contribution in [2.24, 2.45) is 0 Å². The number of fused-ring (bicyclic) bond motifs is 3. The standard InChI is InChI=1S/C21H18ClF2N3O3/c1-2-27(21(29)25-12-4-6-16(24)15(22)8-12)18-10-30-9-17-19(18)13-5-3-11(23)7-14(13)20(28)26-17/h3-8,18H,2,9-10H2,1H3,(H,25,29)(H,26,28)/t18-/m1/s1. The Bertz CT molecular complexity index is 1200. The van der Waals surface area contributed by atoms with Gasteiger partial charge in [0.15, 0.2) is 0 Å². The number of urea groups is 1. The number of benzene rings is 2. The van der Waals surface area contributed by atoms with Crippen molar-refractivity contribution in [3.05, 3.63) is 74.7 Å². The van der Waals surface area contributed by atoms with Crippen LogP contribution in [-0.2, 0) is 11.3 Å². The molecule has 0 bridgehead atoms. The lowest BCUT2D eigenvalue weighted by molar-refractivity contribution is 0.0471. The number of carbonyl (C=O) groups is 1. The Morgan fingerprint density at radius 1 is 1.27 bits per heavy atom. The molecule has 0 saturated heterocycles. The summed E-state index contributed by atoms with van der Waals surface area (Å²) in [7, 11) is 0. The molecule has 2 amide bonds. The van der Waals surface area contributed by atoms with E-state index < -0.39 is 29.3 Å². The number of H-pyrrole nitrogens is 1. The molecule has 0 fully saturated rings. The summed E-state index contributed by atoms with van der Waals surface area (Å²) < 4.78 is 32.7. The van der Waals surface area contributed by atoms with Crippen molar-refractivity contribution in [3.8, 4) is 0 Å². The molecule has 0 spiro atoms. The Morgan fingerprint density at radius 3 is 2.80 bits per heavy atom. The summed E-state index contributed by atoms with van der Waals surface area (Å²) in [6.45, 7) is 2.52. The third kappa shape index (κ3) is 3.64. The smallest absolute Gasteiger partial charge is 0.322 e. The number of hydrogen-bond acceptors (Lipinski definition) is 3. The topological polar surface area (TPSA) is 74.4 Å². The van der Waals surface area contributed by atoms with E-state index in [9.17, 15) is 18.4 Å². The number of likely N-dealkylation sites (N-methyl/N-ethyl adjacent to an activating group) is 1. The number of aromatic nitrogens is 1. The van der Waals surface area contributed by atoms with E-state index in [-0.39, 0.29) is 23.6 Å². The molecule has 156 valence electrons. The number of carbonyl (C=O) groups excluding carboxylic acids is 1. The van der Waals surface area contributed by atoms with E-state index in [1.807, 2.05) is 0 Å². The lowest BCUT2D eigenvalue weighted by Gasteiger charge is -2.35. The van der Waals surface area contributed by atoms with Crippen molar-refractivity contribution in [2.75, 3.05) is 18.5 Å². The molecule has 2 aromatic carbocycles. The molecule has 2 N–H and O–H groups in total. The minimum Gasteiger partial charge on any atom is -0.373 e. The van der Waals surface area contributed by atoms with Gasteiger partial charge in [-0.3, -0.25) is 4.79 Å². The molecule has 0 saturated carbocycles. The van der Waals surface area contributed by atoms with E-state index in [0.717, 1.165) is 0 Å². The first-order valence-corrected chi connectivity index (χ1v) is 9.71. The zero-order chi connectivity index (χ0) is 21.4. The predicted octanol–water partition coefficient (Wildman–Crippen LogP) is 4.59. The van der Waals surface area contributed by atoms with Gasteiger partial charge in [0.05, 0.1) is 29.7 Å². The fourth-order valence-electron chi connectivity index (χ4n) is 3.74. The third-order valence-corrected chi connectivity index (χ3v) is 5.40. The fraction of sp³-hybridized carbons (Fsp3) is 0.238. The van der Waals surface area contributed by atoms with Crippen molar-refractivity contribution in [3.63, 3.8) is 0 Å². The van der Waals surface area contributed by atoms with E-state index >= 15 is 0 Å². The van der Waals surface area contributed by atoms with E-state index in [1.54, 1.807) is 13.0 Å². The molecule has 4 rings (SSSR count). The van der Waals surface area contributed by atoms with Gasteiger partial charge >= 0.3 is 6.03 Å². The lowest BCUT2D eigenvalue weighted by atomic mass is 9.95. The molecule has 1 aromatic heterocycles. The Hall–Kier alpha value is -2.97. The normalized spacial score (nSPS) is 15.7. The van der Waals surface area contributed by atoms with E-state index in [4.69, 9.17) is 16.3 Å². The average molecular weight is 434 g/mol. The van der Waals surface area contributed by atoms with Crippen LogP contribution in [0.1, 0.15) is 24.2 Å². The van der Waals surface area contributed by atoms with Crippen LogP contribution in [0.2, 0.25) is 5.02 Å². The number of nitrogens with zero attached hydrogens (tertiary/aromatic N) is 1. The summed E-state index contributed by atoms with van der Waals surface area (Å²) in [5.74, 6) is -1.10. The van der Waals surface area contributed by atoms with Gasteiger partial charge in [-0.25, -0.2) is 13.6 Å². The average Bonchev–Trinajstić information content (AvgIpc) is 2.71. The molecular weight excluding hydrogens is 416 g/mol. The fourth-order valence-corrected chi connectivity index (χ4v) is 3.92. The number of rotatable bonds is 3. The van der Waals surface area contributed by atoms with Crippen molar-refractivity contribution < 1.29 is 18.3 Å². The molecule has 3 aromatic rings. The first kappa shape index (κ1) is 20.3. The first-order chi connectivity index (χ1) is 14.4. The lowest BCUT2D eigenvalue weighted by Crippen LogP contribution is -2.42. The van der Waals surface area contributed by atoms with Gasteiger partial charge in [-0.1, -0.05) is 17.7 Å². The molecule has 0 aliphatic carbocycles. The highest BCUT2D eigenvalue weighted by Crippen LogP contribution is 2.34. The van der Waals surface area contributed by atoms with E-state index in [1.165, 1.54) is 35.2 Å². The van der Waals surface area contributed by atoms with Crippen LogP contribution in [0.5, 0.6) is 0 Å². The van der Waals surface area contributed by atoms with Crippen LogP contribution < -0.4 is 10.9 Å². The minimum atomic E-state index is -0.584. The number of nitrogens with one attached hydrogen (secondary N) is 2. The zero-order valence-corrected chi connectivity index (χ0v) is 16.7. The van der Waals surface area contributed by atoms with E-state index in [0.29, 0.717) is 28.9 Å². The predicted molar refractivity (Wildman–Crippen MR) is 110 cm³/mol. The molecule has 9 heteroatoms. The highest BCUT2D eigenvalue weighted by atomic mass is 35.5. The van der Waals surface area contributed by atoms with Crippen LogP contribution in [0.25, 0.3) is 10.8 Å². The number of pyridine rings is 1. The van der Waals surface area contributed by atoms with Gasteiger partial charge < -0.3 is 19.9 Å². The van der Waals surface area contributed by atoms with Crippen molar-refractivity contribution in [1.29, 1.82) is 0 Å². The van der Waals surface area contributed by atoms with Crippen LogP contribution in [0.3, 0.4) is 0 Å². The molecule has 0 radical (unpaired) electrons. The van der Waals surface area contributed by atoms with Crippen molar-refractivity contribution in [1.82, 2.24) is 9.88 Å². The molecule has 0 unspecified atom stereocenters. The Balaban J connectivity index is 1.74. The Morgan fingerprint density at radius 2 is 2.07 bits per heavy atom. The summed E-state index contributed by atoms with van der Waals surface area (Å²) in [4.78, 5) is 29.6. The SMILES string of the molecule is CCN(C(=O)Nc1ccc(F)c(Cl)c1)[C@@H]1COCc2[nH]c(=O)c3cc(F)ccc3c21. The Labute approximate surface area is 175 Å². The summed E-state index contributed by atoms with van der Waals surface area (Å²) in [5, 5.41) is 3.38. The van der Waals surface area contributed by atoms with Gasteiger partial charge in [-0.05, 0) is 42.6 Å². The Kier molecular flexibility index (Phi) is 5.44. The van der Waals surface area contributed by atoms with Gasteiger partial charge in [0.2, 0.25) is 0 Å². The monoisotopic (exact) mass is 433 g/mol. The van der Waals surface area contributed by atoms with Crippen LogP contribution in [-0.4, -0.2) is 29.1 Å². The van der Waals surface area contributed by atoms with Crippen LogP contribution in [0.4, 0.5) is 19.3 Å². The summed E-state index contributed by atoms with van der Waals surface area (Å²) in [5.41, 5.74) is 1.19. The summed E-state index contributed by atoms with van der Waals surface area (Å²) in [6.07, 6.45) is 0. The highest BCUT2D eigenvalue weighted by molar-refractivity contribution is 6.31. The van der Waals surface area contributed by atoms with E-state index in [2.05, 4.69) is 10.3 Å². The van der Waals surface area contributed by atoms with Gasteiger partial charge in [0.25, 0.3) is 5.56 Å². The van der Waals surface area contributed by atoms with Gasteiger partial charge in [0.1, 0.15) is 11.6 Å². The maximum absolute atomic E-state index is 13.7. The summed E-state index contributed by atoms with van der Waals surface area (Å²) >= 11 is 5.80. The van der Waals surface area contributed by atoms with Gasteiger partial charge in [-0.2, -0.15) is 0 Å². The van der Waals surface area contributed by atoms with Crippen LogP contribution in [0, 0.1) is 11.6 Å². The maximum Gasteiger partial charge on any atom is 0.322 e. The zero-order valence-electron chi connectivity index (χ0n) is 16.0. The second-order valence-electron chi connectivity index (χ2n) is 6.91. The molecular formula is C21H18ClF2N3O3. The molecule has 6 nitrogen and oxygen atoms in total.